The number of fused-ring (bicyclic) bond motifs is 2. The van der Waals surface area contributed by atoms with Gasteiger partial charge in [0.05, 0.1) is 22.6 Å². The molecule has 0 atom stereocenters. The van der Waals surface area contributed by atoms with Gasteiger partial charge < -0.3 is 9.84 Å². The molecule has 0 unspecified atom stereocenters. The first-order chi connectivity index (χ1) is 16.1. The van der Waals surface area contributed by atoms with Gasteiger partial charge in [-0.25, -0.2) is 17.2 Å². The summed E-state index contributed by atoms with van der Waals surface area (Å²) in [7, 11) is -3.96. The average molecular weight is 496 g/mol. The predicted molar refractivity (Wildman–Crippen MR) is 131 cm³/mol. The van der Waals surface area contributed by atoms with E-state index in [1.807, 2.05) is 19.9 Å². The Morgan fingerprint density at radius 3 is 2.50 bits per heavy atom. The summed E-state index contributed by atoms with van der Waals surface area (Å²) in [6.07, 6.45) is 0.297. The van der Waals surface area contributed by atoms with Gasteiger partial charge in [0.2, 0.25) is 0 Å². The molecule has 6 nitrogen and oxygen atoms in total. The SMILES string of the molecule is CC1(C)COc2ccc(S(=O)(=O)n3c(Cc4ccc(C(=O)O)cc4)cc4cc(Cl)ccc43)cc21. The van der Waals surface area contributed by atoms with Crippen LogP contribution in [0.3, 0.4) is 0 Å². The van der Waals surface area contributed by atoms with Gasteiger partial charge in [-0.1, -0.05) is 37.6 Å². The van der Waals surface area contributed by atoms with Gasteiger partial charge in [-0.15, -0.1) is 0 Å². The molecule has 0 fully saturated rings. The van der Waals surface area contributed by atoms with E-state index in [1.165, 1.54) is 16.1 Å². The molecule has 0 saturated carbocycles. The van der Waals surface area contributed by atoms with Crippen LogP contribution in [0, 0.1) is 0 Å². The Bertz CT molecular complexity index is 1550. The van der Waals surface area contributed by atoms with E-state index in [0.29, 0.717) is 40.4 Å². The summed E-state index contributed by atoms with van der Waals surface area (Å²) in [5.74, 6) is -0.312. The van der Waals surface area contributed by atoms with Crippen molar-refractivity contribution >= 4 is 38.5 Å². The largest absolute Gasteiger partial charge is 0.492 e. The molecule has 0 aliphatic carbocycles. The van der Waals surface area contributed by atoms with E-state index in [-0.39, 0.29) is 15.9 Å². The number of carbonyl (C=O) groups is 1. The number of rotatable bonds is 5. The van der Waals surface area contributed by atoms with Crippen molar-refractivity contribution in [2.75, 3.05) is 6.61 Å². The fourth-order valence-electron chi connectivity index (χ4n) is 4.37. The molecule has 0 amide bonds. The van der Waals surface area contributed by atoms with Crippen LogP contribution in [0.5, 0.6) is 5.75 Å². The maximum absolute atomic E-state index is 14.0. The van der Waals surface area contributed by atoms with Gasteiger partial charge in [-0.2, -0.15) is 0 Å². The number of nitrogens with zero attached hydrogens (tertiary/aromatic N) is 1. The molecule has 4 aromatic rings. The lowest BCUT2D eigenvalue weighted by atomic mass is 9.87. The fourth-order valence-corrected chi connectivity index (χ4v) is 6.11. The summed E-state index contributed by atoms with van der Waals surface area (Å²) in [6.45, 7) is 4.54. The van der Waals surface area contributed by atoms with E-state index >= 15 is 0 Å². The lowest BCUT2D eigenvalue weighted by Gasteiger charge is -2.17. The third kappa shape index (κ3) is 3.75. The third-order valence-corrected chi connectivity index (χ3v) is 8.18. The van der Waals surface area contributed by atoms with Crippen LogP contribution >= 0.6 is 11.6 Å². The summed E-state index contributed by atoms with van der Waals surface area (Å²) in [5, 5.41) is 10.4. The van der Waals surface area contributed by atoms with E-state index in [2.05, 4.69) is 0 Å². The molecular weight excluding hydrogens is 474 g/mol. The third-order valence-electron chi connectivity index (χ3n) is 6.18. The van der Waals surface area contributed by atoms with Gasteiger partial charge in [-0.3, -0.25) is 0 Å². The predicted octanol–water partition coefficient (Wildman–Crippen LogP) is 5.49. The zero-order valence-electron chi connectivity index (χ0n) is 18.6. The number of carboxylic acids is 1. The van der Waals surface area contributed by atoms with Crippen molar-refractivity contribution < 1.29 is 23.1 Å². The van der Waals surface area contributed by atoms with Gasteiger partial charge in [0.1, 0.15) is 5.75 Å². The van der Waals surface area contributed by atoms with Gasteiger partial charge in [0.15, 0.2) is 0 Å². The number of hydrogen-bond acceptors (Lipinski definition) is 4. The molecular formula is C26H22ClNO5S. The van der Waals surface area contributed by atoms with Crippen molar-refractivity contribution in [2.24, 2.45) is 0 Å². The van der Waals surface area contributed by atoms with Gasteiger partial charge in [0, 0.05) is 33.5 Å². The van der Waals surface area contributed by atoms with Crippen LogP contribution in [0.1, 0.15) is 41.0 Å². The van der Waals surface area contributed by atoms with Crippen molar-refractivity contribution in [2.45, 2.75) is 30.6 Å². The minimum Gasteiger partial charge on any atom is -0.492 e. The summed E-state index contributed by atoms with van der Waals surface area (Å²) >= 11 is 6.19. The molecule has 34 heavy (non-hydrogen) atoms. The highest BCUT2D eigenvalue weighted by Crippen LogP contribution is 2.40. The number of benzene rings is 3. The fraction of sp³-hybridized carbons (Fsp3) is 0.192. The zero-order chi connectivity index (χ0) is 24.3. The molecule has 1 aromatic heterocycles. The van der Waals surface area contributed by atoms with Crippen LogP contribution < -0.4 is 4.74 Å². The van der Waals surface area contributed by atoms with Gasteiger partial charge in [-0.05, 0) is 60.2 Å². The molecule has 0 saturated heterocycles. The van der Waals surface area contributed by atoms with Crippen molar-refractivity contribution in [3.8, 4) is 5.75 Å². The van der Waals surface area contributed by atoms with Crippen molar-refractivity contribution in [1.82, 2.24) is 3.97 Å². The number of halogens is 1. The molecule has 5 rings (SSSR count). The average Bonchev–Trinajstić information content (AvgIpc) is 3.30. The molecule has 0 radical (unpaired) electrons. The zero-order valence-corrected chi connectivity index (χ0v) is 20.2. The van der Waals surface area contributed by atoms with Gasteiger partial charge in [0.25, 0.3) is 10.0 Å². The topological polar surface area (TPSA) is 85.6 Å². The first-order valence-electron chi connectivity index (χ1n) is 10.7. The summed E-state index contributed by atoms with van der Waals surface area (Å²) in [6, 6.07) is 18.3. The highest BCUT2D eigenvalue weighted by molar-refractivity contribution is 7.90. The Hall–Kier alpha value is -3.29. The van der Waals surface area contributed by atoms with E-state index in [0.717, 1.165) is 11.1 Å². The second-order valence-electron chi connectivity index (χ2n) is 9.12. The van der Waals surface area contributed by atoms with Crippen LogP contribution in [0.4, 0.5) is 0 Å². The highest BCUT2D eigenvalue weighted by atomic mass is 35.5. The monoisotopic (exact) mass is 495 g/mol. The Balaban J connectivity index is 1.66. The first kappa shape index (κ1) is 22.5. The van der Waals surface area contributed by atoms with E-state index in [9.17, 15) is 13.2 Å². The lowest BCUT2D eigenvalue weighted by molar-refractivity contribution is 0.0697. The van der Waals surface area contributed by atoms with Crippen LogP contribution in [-0.4, -0.2) is 30.1 Å². The second kappa shape index (κ2) is 7.89. The summed E-state index contributed by atoms with van der Waals surface area (Å²) in [4.78, 5) is 11.4. The molecule has 8 heteroatoms. The van der Waals surface area contributed by atoms with E-state index < -0.39 is 16.0 Å². The molecule has 2 heterocycles. The van der Waals surface area contributed by atoms with Crippen molar-refractivity contribution in [3.05, 3.63) is 94.1 Å². The van der Waals surface area contributed by atoms with Crippen molar-refractivity contribution in [1.29, 1.82) is 0 Å². The Morgan fingerprint density at radius 1 is 1.06 bits per heavy atom. The van der Waals surface area contributed by atoms with Crippen LogP contribution in [0.2, 0.25) is 5.02 Å². The molecule has 1 aliphatic heterocycles. The van der Waals surface area contributed by atoms with Crippen LogP contribution in [0.15, 0.2) is 71.6 Å². The number of hydrogen-bond donors (Lipinski definition) is 1. The molecule has 1 N–H and O–H groups in total. The van der Waals surface area contributed by atoms with Gasteiger partial charge >= 0.3 is 5.97 Å². The number of aromatic nitrogens is 1. The smallest absolute Gasteiger partial charge is 0.335 e. The quantitative estimate of drug-likeness (QED) is 0.395. The number of carboxylic acid groups (broad SMARTS) is 1. The first-order valence-corrected chi connectivity index (χ1v) is 12.5. The van der Waals surface area contributed by atoms with Crippen LogP contribution in [0.25, 0.3) is 10.9 Å². The van der Waals surface area contributed by atoms with Crippen molar-refractivity contribution in [3.63, 3.8) is 0 Å². The summed E-state index contributed by atoms with van der Waals surface area (Å²) in [5.41, 5.74) is 2.61. The minimum atomic E-state index is -3.96. The molecule has 174 valence electrons. The Kier molecular flexibility index (Phi) is 5.22. The second-order valence-corrected chi connectivity index (χ2v) is 11.3. The molecule has 3 aromatic carbocycles. The molecule has 0 bridgehead atoms. The lowest BCUT2D eigenvalue weighted by Crippen LogP contribution is -2.20. The van der Waals surface area contributed by atoms with E-state index in [4.69, 9.17) is 21.4 Å². The summed E-state index contributed by atoms with van der Waals surface area (Å²) < 4.78 is 35.0. The minimum absolute atomic E-state index is 0.173. The Morgan fingerprint density at radius 2 is 1.79 bits per heavy atom. The molecule has 1 aliphatic rings. The van der Waals surface area contributed by atoms with Crippen LogP contribution in [-0.2, 0) is 21.9 Å². The highest BCUT2D eigenvalue weighted by Gasteiger charge is 2.34. The molecule has 0 spiro atoms. The normalized spacial score (nSPS) is 14.7. The Labute approximate surface area is 202 Å². The number of aromatic carboxylic acids is 1. The standard InChI is InChI=1S/C26H22ClNO5S/c1-26(2)15-33-24-10-8-21(14-22(24)26)34(31,32)28-20(13-18-12-19(27)7-9-23(18)28)11-16-3-5-17(6-4-16)25(29)30/h3-10,12-14H,11,15H2,1-2H3,(H,29,30). The van der Waals surface area contributed by atoms with E-state index in [1.54, 1.807) is 48.5 Å². The maximum atomic E-state index is 14.0. The number of ether oxygens (including phenoxy) is 1. The maximum Gasteiger partial charge on any atom is 0.335 e.